The summed E-state index contributed by atoms with van der Waals surface area (Å²) in [7, 11) is 3.39. The van der Waals surface area contributed by atoms with Crippen LogP contribution in [0.4, 0.5) is 0 Å². The first-order chi connectivity index (χ1) is 6.22. The average Bonchev–Trinajstić information content (AvgIpc) is 2.17. The number of rotatable bonds is 3. The van der Waals surface area contributed by atoms with Crippen molar-refractivity contribution in [2.24, 2.45) is 5.92 Å². The molecular weight excluding hydrogens is 270 g/mol. The van der Waals surface area contributed by atoms with Gasteiger partial charge in [-0.15, -0.1) is 5.92 Å². The van der Waals surface area contributed by atoms with Gasteiger partial charge in [0.15, 0.2) is 0 Å². The van der Waals surface area contributed by atoms with Crippen LogP contribution in [0.2, 0.25) is 0 Å². The second kappa shape index (κ2) is 9.65. The summed E-state index contributed by atoms with van der Waals surface area (Å²) in [6, 6.07) is 0. The van der Waals surface area contributed by atoms with Crippen LogP contribution in [0.15, 0.2) is 0 Å². The SMILES string of the molecule is CCC1O[C@H](OC)C(C)[CH-][C@@H]1OC.[OH-].[Rb+]. The van der Waals surface area contributed by atoms with E-state index in [9.17, 15) is 0 Å². The van der Waals surface area contributed by atoms with Gasteiger partial charge in [0, 0.05) is 14.2 Å². The van der Waals surface area contributed by atoms with Crippen LogP contribution in [0.5, 0.6) is 0 Å². The van der Waals surface area contributed by atoms with E-state index >= 15 is 0 Å². The maximum atomic E-state index is 5.72. The topological polar surface area (TPSA) is 57.7 Å². The van der Waals surface area contributed by atoms with E-state index < -0.39 is 0 Å². The molecule has 0 aliphatic carbocycles. The summed E-state index contributed by atoms with van der Waals surface area (Å²) < 4.78 is 16.3. The molecule has 1 N–H and O–H groups in total. The Kier molecular flexibility index (Phi) is 12.2. The smallest absolute Gasteiger partial charge is 0.870 e. The molecule has 0 aromatic heterocycles. The van der Waals surface area contributed by atoms with Crippen molar-refractivity contribution < 1.29 is 77.9 Å². The van der Waals surface area contributed by atoms with E-state index in [1.807, 2.05) is 0 Å². The van der Waals surface area contributed by atoms with Crippen LogP contribution in [0, 0.1) is 12.3 Å². The molecule has 1 aliphatic rings. The Morgan fingerprint density at radius 1 is 1.27 bits per heavy atom. The Bertz CT molecular complexity index is 156. The average molecular weight is 290 g/mol. The van der Waals surface area contributed by atoms with Crippen molar-refractivity contribution in [2.45, 2.75) is 38.8 Å². The van der Waals surface area contributed by atoms with Crippen LogP contribution in [0.25, 0.3) is 0 Å². The molecule has 0 bridgehead atoms. The summed E-state index contributed by atoms with van der Waals surface area (Å²) in [6.45, 7) is 4.17. The zero-order chi connectivity index (χ0) is 9.84. The van der Waals surface area contributed by atoms with Gasteiger partial charge in [-0.2, -0.15) is 0 Å². The quantitative estimate of drug-likeness (QED) is 0.591. The van der Waals surface area contributed by atoms with Crippen molar-refractivity contribution in [1.29, 1.82) is 0 Å². The second-order valence-electron chi connectivity index (χ2n) is 3.44. The maximum absolute atomic E-state index is 5.72. The van der Waals surface area contributed by atoms with Gasteiger partial charge in [-0.05, 0) is 12.5 Å². The Balaban J connectivity index is 0. The molecule has 4 nitrogen and oxygen atoms in total. The van der Waals surface area contributed by atoms with Crippen molar-refractivity contribution in [3.05, 3.63) is 6.42 Å². The van der Waals surface area contributed by atoms with Crippen LogP contribution in [-0.2, 0) is 14.2 Å². The predicted molar refractivity (Wildman–Crippen MR) is 52.2 cm³/mol. The molecule has 0 aromatic carbocycles. The number of ether oxygens (including phenoxy) is 3. The molecule has 1 heterocycles. The monoisotopic (exact) mass is 289 g/mol. The molecular formula is C10H20O4Rb-. The van der Waals surface area contributed by atoms with E-state index in [4.69, 9.17) is 14.2 Å². The Morgan fingerprint density at radius 2 is 1.87 bits per heavy atom. The van der Waals surface area contributed by atoms with Gasteiger partial charge in [-0.1, -0.05) is 13.8 Å². The first-order valence-corrected chi connectivity index (χ1v) is 4.79. The van der Waals surface area contributed by atoms with E-state index in [2.05, 4.69) is 20.3 Å². The summed E-state index contributed by atoms with van der Waals surface area (Å²) >= 11 is 0. The van der Waals surface area contributed by atoms with Crippen LogP contribution >= 0.6 is 0 Å². The second-order valence-corrected chi connectivity index (χ2v) is 3.44. The number of hydrogen-bond acceptors (Lipinski definition) is 4. The summed E-state index contributed by atoms with van der Waals surface area (Å²) in [4.78, 5) is 0. The van der Waals surface area contributed by atoms with E-state index in [1.165, 1.54) is 0 Å². The first kappa shape index (κ1) is 19.0. The maximum Gasteiger partial charge on any atom is 1.00 e. The molecule has 86 valence electrons. The summed E-state index contributed by atoms with van der Waals surface area (Å²) in [5, 5.41) is 0. The van der Waals surface area contributed by atoms with Gasteiger partial charge in [0.2, 0.25) is 0 Å². The molecule has 5 heteroatoms. The fourth-order valence-electron chi connectivity index (χ4n) is 1.72. The summed E-state index contributed by atoms with van der Waals surface area (Å²) in [5.74, 6) is 0.290. The predicted octanol–water partition coefficient (Wildman–Crippen LogP) is -1.55. The summed E-state index contributed by atoms with van der Waals surface area (Å²) in [6.07, 6.45) is 3.22. The summed E-state index contributed by atoms with van der Waals surface area (Å²) in [5.41, 5.74) is 0. The Hall–Kier alpha value is 1.65. The third-order valence-electron chi connectivity index (χ3n) is 2.50. The van der Waals surface area contributed by atoms with E-state index in [0.29, 0.717) is 0 Å². The van der Waals surface area contributed by atoms with Crippen LogP contribution in [0.1, 0.15) is 20.3 Å². The Labute approximate surface area is 141 Å². The zero-order valence-electron chi connectivity index (χ0n) is 10.3. The van der Waals surface area contributed by atoms with Crippen molar-refractivity contribution in [3.8, 4) is 0 Å². The number of methoxy groups -OCH3 is 2. The molecule has 15 heavy (non-hydrogen) atoms. The molecule has 0 saturated carbocycles. The van der Waals surface area contributed by atoms with Crippen molar-refractivity contribution in [1.82, 2.24) is 0 Å². The standard InChI is InChI=1S/C10H19O3.H2O.Rb/c1-5-8-9(11-3)6-7(2)10(12-4)13-8;;/h6-10H,5H2,1-4H3;1H2;/q-1;;+1/p-1/t7?,8?,9-,10-;;/m0../s1. The molecule has 1 aliphatic heterocycles. The van der Waals surface area contributed by atoms with Gasteiger partial charge in [0.25, 0.3) is 0 Å². The minimum absolute atomic E-state index is 0. The van der Waals surface area contributed by atoms with Crippen molar-refractivity contribution >= 4 is 0 Å². The molecule has 0 aromatic rings. The van der Waals surface area contributed by atoms with E-state index in [1.54, 1.807) is 14.2 Å². The molecule has 0 amide bonds. The van der Waals surface area contributed by atoms with Gasteiger partial charge >= 0.3 is 58.2 Å². The molecule has 0 radical (unpaired) electrons. The van der Waals surface area contributed by atoms with Gasteiger partial charge in [-0.25, -0.2) is 0 Å². The molecule has 1 fully saturated rings. The van der Waals surface area contributed by atoms with Gasteiger partial charge in [0.05, 0.1) is 6.10 Å². The third-order valence-corrected chi connectivity index (χ3v) is 2.50. The third kappa shape index (κ3) is 5.21. The molecule has 1 saturated heterocycles. The minimum atomic E-state index is -0.114. The zero-order valence-corrected chi connectivity index (χ0v) is 15.2. The fraction of sp³-hybridized carbons (Fsp3) is 0.900. The van der Waals surface area contributed by atoms with Crippen molar-refractivity contribution in [3.63, 3.8) is 0 Å². The first-order valence-electron chi connectivity index (χ1n) is 4.79. The van der Waals surface area contributed by atoms with Gasteiger partial charge in [-0.3, -0.25) is 6.42 Å². The van der Waals surface area contributed by atoms with Crippen molar-refractivity contribution in [2.75, 3.05) is 14.2 Å². The Morgan fingerprint density at radius 3 is 2.27 bits per heavy atom. The van der Waals surface area contributed by atoms with Gasteiger partial charge < -0.3 is 19.7 Å². The molecule has 2 unspecified atom stereocenters. The van der Waals surface area contributed by atoms with Crippen LogP contribution in [-0.4, -0.2) is 38.2 Å². The van der Waals surface area contributed by atoms with Crippen LogP contribution in [0.3, 0.4) is 0 Å². The number of hydrogen-bond donors (Lipinski definition) is 0. The van der Waals surface area contributed by atoms with E-state index in [-0.39, 0.29) is 88.1 Å². The largest absolute Gasteiger partial charge is 1.00 e. The van der Waals surface area contributed by atoms with Gasteiger partial charge in [0.1, 0.15) is 6.29 Å². The van der Waals surface area contributed by atoms with Crippen LogP contribution < -0.4 is 58.2 Å². The fourth-order valence-corrected chi connectivity index (χ4v) is 1.72. The normalized spacial score (nSPS) is 35.2. The van der Waals surface area contributed by atoms with E-state index in [0.717, 1.165) is 6.42 Å². The molecule has 1 rings (SSSR count). The molecule has 0 spiro atoms. The molecule has 4 atom stereocenters. The minimum Gasteiger partial charge on any atom is -0.870 e.